The molecule has 14 heteroatoms. The van der Waals surface area contributed by atoms with Gasteiger partial charge in [0, 0.05) is 13.1 Å². The van der Waals surface area contributed by atoms with E-state index in [1.165, 1.54) is 0 Å². The number of hydrogen-bond acceptors (Lipinski definition) is 2. The van der Waals surface area contributed by atoms with Crippen LogP contribution in [0.5, 0.6) is 0 Å². The van der Waals surface area contributed by atoms with Gasteiger partial charge in [0.1, 0.15) is 0 Å². The van der Waals surface area contributed by atoms with Gasteiger partial charge in [-0.2, -0.15) is 26.3 Å². The standard InChI is InChI=1S/C24H24Cl2F6N4O2/c25-17-6-4-15(23(27,28)29)9-19(17)35-21(37)33-11-13-2-1-3-14(8-13)12-34-22(38)36-20-10-16(24(30,31)32)5-7-18(20)26/h4-7,9-10,13-14H,1-3,8,11-12H2,(H2,33,35,37)(H2,34,36,38)/t13-,14-/m1/s1. The van der Waals surface area contributed by atoms with E-state index < -0.39 is 35.5 Å². The van der Waals surface area contributed by atoms with Gasteiger partial charge in [0.15, 0.2) is 0 Å². The summed E-state index contributed by atoms with van der Waals surface area (Å²) in [6, 6.07) is 3.83. The molecular formula is C24H24Cl2F6N4O2. The zero-order chi connectivity index (χ0) is 28.1. The molecule has 0 spiro atoms. The highest BCUT2D eigenvalue weighted by Gasteiger charge is 2.32. The molecule has 4 N–H and O–H groups in total. The molecule has 2 aromatic rings. The number of urea groups is 2. The smallest absolute Gasteiger partial charge is 0.338 e. The lowest BCUT2D eigenvalue weighted by Crippen LogP contribution is -2.38. The van der Waals surface area contributed by atoms with E-state index in [0.29, 0.717) is 6.42 Å². The first-order valence-electron chi connectivity index (χ1n) is 11.6. The normalized spacial score (nSPS) is 18.0. The zero-order valence-corrected chi connectivity index (χ0v) is 21.2. The van der Waals surface area contributed by atoms with Crippen molar-refractivity contribution in [2.24, 2.45) is 11.8 Å². The number of carbonyl (C=O) groups is 2. The summed E-state index contributed by atoms with van der Waals surface area (Å²) in [4.78, 5) is 24.5. The number of hydrogen-bond donors (Lipinski definition) is 4. The van der Waals surface area contributed by atoms with Gasteiger partial charge in [0.25, 0.3) is 0 Å². The van der Waals surface area contributed by atoms with Crippen molar-refractivity contribution in [2.75, 3.05) is 23.7 Å². The first-order chi connectivity index (χ1) is 17.7. The van der Waals surface area contributed by atoms with E-state index in [9.17, 15) is 35.9 Å². The minimum absolute atomic E-state index is 0.0401. The van der Waals surface area contributed by atoms with Gasteiger partial charge in [0.05, 0.1) is 32.5 Å². The summed E-state index contributed by atoms with van der Waals surface area (Å²) >= 11 is 11.8. The van der Waals surface area contributed by atoms with Crippen molar-refractivity contribution in [2.45, 2.75) is 38.0 Å². The van der Waals surface area contributed by atoms with Crippen molar-refractivity contribution < 1.29 is 35.9 Å². The van der Waals surface area contributed by atoms with E-state index in [0.717, 1.165) is 55.7 Å². The molecule has 0 saturated heterocycles. The van der Waals surface area contributed by atoms with Gasteiger partial charge < -0.3 is 21.3 Å². The molecule has 208 valence electrons. The molecule has 0 aromatic heterocycles. The van der Waals surface area contributed by atoms with Gasteiger partial charge in [-0.1, -0.05) is 29.6 Å². The molecule has 0 aliphatic heterocycles. The summed E-state index contributed by atoms with van der Waals surface area (Å²) in [7, 11) is 0. The van der Waals surface area contributed by atoms with Crippen molar-refractivity contribution in [3.63, 3.8) is 0 Å². The van der Waals surface area contributed by atoms with Crippen LogP contribution in [-0.4, -0.2) is 25.2 Å². The lowest BCUT2D eigenvalue weighted by atomic mass is 9.81. The molecule has 6 nitrogen and oxygen atoms in total. The molecule has 0 unspecified atom stereocenters. The number of amides is 4. The summed E-state index contributed by atoms with van der Waals surface area (Å²) in [6.45, 7) is 0.510. The molecular weight excluding hydrogens is 561 g/mol. The highest BCUT2D eigenvalue weighted by molar-refractivity contribution is 6.34. The van der Waals surface area contributed by atoms with Crippen molar-refractivity contribution in [1.29, 1.82) is 0 Å². The predicted octanol–water partition coefficient (Wildman–Crippen LogP) is 7.78. The number of halogens is 8. The largest absolute Gasteiger partial charge is 0.416 e. The molecule has 1 aliphatic rings. The Morgan fingerprint density at radius 3 is 1.50 bits per heavy atom. The third-order valence-corrected chi connectivity index (χ3v) is 6.74. The van der Waals surface area contributed by atoms with Crippen molar-refractivity contribution in [3.05, 3.63) is 57.6 Å². The Morgan fingerprint density at radius 1 is 0.737 bits per heavy atom. The number of benzene rings is 2. The zero-order valence-electron chi connectivity index (χ0n) is 19.7. The molecule has 0 radical (unpaired) electrons. The number of anilines is 2. The second kappa shape index (κ2) is 12.3. The van der Waals surface area contributed by atoms with Gasteiger partial charge in [0.2, 0.25) is 0 Å². The molecule has 2 atom stereocenters. The second-order valence-electron chi connectivity index (χ2n) is 8.95. The fraction of sp³-hybridized carbons (Fsp3) is 0.417. The third-order valence-electron chi connectivity index (χ3n) is 6.08. The maximum absolute atomic E-state index is 12.9. The fourth-order valence-corrected chi connectivity index (χ4v) is 4.50. The van der Waals surface area contributed by atoms with Crippen molar-refractivity contribution >= 4 is 46.6 Å². The van der Waals surface area contributed by atoms with Crippen molar-refractivity contribution in [1.82, 2.24) is 10.6 Å². The predicted molar refractivity (Wildman–Crippen MR) is 132 cm³/mol. The van der Waals surface area contributed by atoms with E-state index in [4.69, 9.17) is 23.2 Å². The summed E-state index contributed by atoms with van der Waals surface area (Å²) in [5.74, 6) is 0.110. The van der Waals surface area contributed by atoms with Gasteiger partial charge in [-0.3, -0.25) is 0 Å². The maximum Gasteiger partial charge on any atom is 0.416 e. The molecule has 2 aromatic carbocycles. The monoisotopic (exact) mass is 584 g/mol. The molecule has 3 rings (SSSR count). The third kappa shape index (κ3) is 8.59. The Balaban J connectivity index is 1.46. The maximum atomic E-state index is 12.9. The quantitative estimate of drug-likeness (QED) is 0.261. The van der Waals surface area contributed by atoms with E-state index >= 15 is 0 Å². The van der Waals surface area contributed by atoms with Crippen LogP contribution in [0, 0.1) is 11.8 Å². The topological polar surface area (TPSA) is 82.3 Å². The summed E-state index contributed by atoms with van der Waals surface area (Å²) in [6.07, 6.45) is -6.10. The van der Waals surface area contributed by atoms with Gasteiger partial charge in [-0.25, -0.2) is 9.59 Å². The van der Waals surface area contributed by atoms with Gasteiger partial charge in [-0.15, -0.1) is 0 Å². The van der Waals surface area contributed by atoms with Crippen LogP contribution >= 0.6 is 23.2 Å². The highest BCUT2D eigenvalue weighted by atomic mass is 35.5. The lowest BCUT2D eigenvalue weighted by Gasteiger charge is -2.29. The first kappa shape index (κ1) is 29.7. The lowest BCUT2D eigenvalue weighted by molar-refractivity contribution is -0.138. The summed E-state index contributed by atoms with van der Waals surface area (Å²) in [5, 5.41) is 9.84. The minimum Gasteiger partial charge on any atom is -0.338 e. The number of nitrogens with one attached hydrogen (secondary N) is 4. The molecule has 1 aliphatic carbocycles. The Bertz CT molecular complexity index is 1070. The van der Waals surface area contributed by atoms with Crippen LogP contribution < -0.4 is 21.3 Å². The Kier molecular flexibility index (Phi) is 9.64. The van der Waals surface area contributed by atoms with Crippen LogP contribution in [0.2, 0.25) is 10.0 Å². The van der Waals surface area contributed by atoms with Crippen LogP contribution in [0.1, 0.15) is 36.8 Å². The van der Waals surface area contributed by atoms with Gasteiger partial charge in [-0.05, 0) is 67.5 Å². The van der Waals surface area contributed by atoms with Crippen molar-refractivity contribution in [3.8, 4) is 0 Å². The Morgan fingerprint density at radius 2 is 1.13 bits per heavy atom. The molecule has 1 fully saturated rings. The van der Waals surface area contributed by atoms with Gasteiger partial charge >= 0.3 is 24.4 Å². The molecule has 0 heterocycles. The second-order valence-corrected chi connectivity index (χ2v) is 9.77. The van der Waals surface area contributed by atoms with Crippen LogP contribution in [0.25, 0.3) is 0 Å². The van der Waals surface area contributed by atoms with E-state index in [-0.39, 0.29) is 46.3 Å². The van der Waals surface area contributed by atoms with E-state index in [1.54, 1.807) is 0 Å². The molecule has 1 saturated carbocycles. The van der Waals surface area contributed by atoms with Crippen LogP contribution in [0.3, 0.4) is 0 Å². The minimum atomic E-state index is -4.58. The average Bonchev–Trinajstić information content (AvgIpc) is 2.83. The SMILES string of the molecule is O=C(NC[C@@H]1CCC[C@@H](CNC(=O)Nc2cc(C(F)(F)F)ccc2Cl)C1)Nc1cc(C(F)(F)F)ccc1Cl. The van der Waals surface area contributed by atoms with E-state index in [2.05, 4.69) is 21.3 Å². The van der Waals surface area contributed by atoms with Crippen LogP contribution in [-0.2, 0) is 12.4 Å². The Labute approximate surface area is 224 Å². The number of rotatable bonds is 6. The molecule has 38 heavy (non-hydrogen) atoms. The highest BCUT2D eigenvalue weighted by Crippen LogP contribution is 2.35. The Hall–Kier alpha value is -2.86. The summed E-state index contributed by atoms with van der Waals surface area (Å²) < 4.78 is 77.5. The number of carbonyl (C=O) groups excluding carboxylic acids is 2. The number of alkyl halides is 6. The molecule has 4 amide bonds. The molecule has 0 bridgehead atoms. The van der Waals surface area contributed by atoms with Crippen LogP contribution in [0.15, 0.2) is 36.4 Å². The van der Waals surface area contributed by atoms with E-state index in [1.807, 2.05) is 0 Å². The average molecular weight is 585 g/mol. The fourth-order valence-electron chi connectivity index (χ4n) is 4.17. The van der Waals surface area contributed by atoms with Crippen LogP contribution in [0.4, 0.5) is 47.3 Å². The summed E-state index contributed by atoms with van der Waals surface area (Å²) in [5.41, 5.74) is -2.23. The first-order valence-corrected chi connectivity index (χ1v) is 12.3.